The Hall–Kier alpha value is -4.32. The fraction of sp³-hybridized carbons (Fsp3) is 0.100. The first-order valence-corrected chi connectivity index (χ1v) is 8.42. The van der Waals surface area contributed by atoms with Gasteiger partial charge in [-0.05, 0) is 12.1 Å². The van der Waals surface area contributed by atoms with Crippen molar-refractivity contribution in [3.63, 3.8) is 0 Å². The zero-order valence-corrected chi connectivity index (χ0v) is 15.6. The number of aromatic amines is 1. The Bertz CT molecular complexity index is 1150. The van der Waals surface area contributed by atoms with Crippen LogP contribution >= 0.6 is 0 Å². The number of hydrazone groups is 1. The van der Waals surface area contributed by atoms with E-state index in [1.807, 2.05) is 12.1 Å². The second-order valence-electron chi connectivity index (χ2n) is 5.72. The maximum absolute atomic E-state index is 12.2. The molecule has 9 nitrogen and oxygen atoms in total. The fourth-order valence-corrected chi connectivity index (χ4v) is 2.63. The third kappa shape index (κ3) is 4.01. The molecular formula is C20H17N5O4. The summed E-state index contributed by atoms with van der Waals surface area (Å²) in [5.41, 5.74) is 3.03. The summed E-state index contributed by atoms with van der Waals surface area (Å²) >= 11 is 0. The molecule has 9 heteroatoms. The van der Waals surface area contributed by atoms with Crippen molar-refractivity contribution in [1.82, 2.24) is 9.97 Å². The molecule has 0 radical (unpaired) electrons. The molecule has 0 bridgehead atoms. The second kappa shape index (κ2) is 8.58. The maximum Gasteiger partial charge on any atom is 0.270 e. The highest BCUT2D eigenvalue weighted by Gasteiger charge is 2.14. The first kappa shape index (κ1) is 19.4. The Morgan fingerprint density at radius 3 is 2.52 bits per heavy atom. The molecule has 0 atom stereocenters. The van der Waals surface area contributed by atoms with Crippen molar-refractivity contribution in [3.8, 4) is 34.6 Å². The SMILES string of the molecule is COc1ccc(OC)c(C=NNc2nc(-c3ccccc3)c(C#N)c(=O)[nH]2)c1O. The van der Waals surface area contributed by atoms with Crippen LogP contribution in [-0.4, -0.2) is 35.5 Å². The molecule has 0 aliphatic rings. The van der Waals surface area contributed by atoms with Gasteiger partial charge in [0.2, 0.25) is 5.95 Å². The van der Waals surface area contributed by atoms with Gasteiger partial charge < -0.3 is 14.6 Å². The fourth-order valence-electron chi connectivity index (χ4n) is 2.63. The summed E-state index contributed by atoms with van der Waals surface area (Å²) in [6.07, 6.45) is 1.30. The number of nitrogens with zero attached hydrogens (tertiary/aromatic N) is 3. The van der Waals surface area contributed by atoms with E-state index in [-0.39, 0.29) is 34.3 Å². The number of methoxy groups -OCH3 is 2. The van der Waals surface area contributed by atoms with Crippen molar-refractivity contribution in [2.45, 2.75) is 0 Å². The highest BCUT2D eigenvalue weighted by atomic mass is 16.5. The van der Waals surface area contributed by atoms with Gasteiger partial charge in [0, 0.05) is 5.56 Å². The van der Waals surface area contributed by atoms with Gasteiger partial charge in [-0.3, -0.25) is 9.78 Å². The molecule has 0 aliphatic heterocycles. The van der Waals surface area contributed by atoms with Crippen LogP contribution in [-0.2, 0) is 0 Å². The molecule has 0 spiro atoms. The molecule has 0 saturated carbocycles. The van der Waals surface area contributed by atoms with Crippen molar-refractivity contribution in [2.75, 3.05) is 19.6 Å². The summed E-state index contributed by atoms with van der Waals surface area (Å²) in [5.74, 6) is 0.512. The average molecular weight is 391 g/mol. The lowest BCUT2D eigenvalue weighted by Crippen LogP contribution is -2.16. The molecule has 0 aliphatic carbocycles. The molecule has 3 rings (SSSR count). The summed E-state index contributed by atoms with van der Waals surface area (Å²) in [7, 11) is 2.88. The topological polar surface area (TPSA) is 133 Å². The molecule has 2 aromatic carbocycles. The predicted molar refractivity (Wildman–Crippen MR) is 107 cm³/mol. The van der Waals surface area contributed by atoms with Gasteiger partial charge in [-0.15, -0.1) is 0 Å². The number of phenols is 1. The van der Waals surface area contributed by atoms with E-state index in [0.717, 1.165) is 0 Å². The lowest BCUT2D eigenvalue weighted by molar-refractivity contribution is 0.365. The van der Waals surface area contributed by atoms with E-state index in [4.69, 9.17) is 9.47 Å². The van der Waals surface area contributed by atoms with Gasteiger partial charge in [-0.2, -0.15) is 10.4 Å². The number of benzene rings is 2. The lowest BCUT2D eigenvalue weighted by atomic mass is 10.1. The smallest absolute Gasteiger partial charge is 0.270 e. The quantitative estimate of drug-likeness (QED) is 0.434. The molecule has 0 fully saturated rings. The van der Waals surface area contributed by atoms with Gasteiger partial charge in [0.15, 0.2) is 11.5 Å². The Morgan fingerprint density at radius 1 is 1.17 bits per heavy atom. The van der Waals surface area contributed by atoms with Crippen LogP contribution in [0.15, 0.2) is 52.4 Å². The van der Waals surface area contributed by atoms with Crippen LogP contribution in [0.25, 0.3) is 11.3 Å². The number of nitriles is 1. The van der Waals surface area contributed by atoms with E-state index >= 15 is 0 Å². The molecular weight excluding hydrogens is 374 g/mol. The highest BCUT2D eigenvalue weighted by Crippen LogP contribution is 2.35. The van der Waals surface area contributed by atoms with Crippen molar-refractivity contribution >= 4 is 12.2 Å². The van der Waals surface area contributed by atoms with E-state index in [9.17, 15) is 15.2 Å². The van der Waals surface area contributed by atoms with Crippen molar-refractivity contribution in [3.05, 3.63) is 63.9 Å². The van der Waals surface area contributed by atoms with Gasteiger partial charge >= 0.3 is 0 Å². The molecule has 3 aromatic rings. The summed E-state index contributed by atoms with van der Waals surface area (Å²) in [4.78, 5) is 19.0. The zero-order valence-electron chi connectivity index (χ0n) is 15.6. The second-order valence-corrected chi connectivity index (χ2v) is 5.72. The molecule has 1 aromatic heterocycles. The minimum Gasteiger partial charge on any atom is -0.504 e. The van der Waals surface area contributed by atoms with Crippen LogP contribution in [0.1, 0.15) is 11.1 Å². The van der Waals surface area contributed by atoms with Crippen LogP contribution in [0.3, 0.4) is 0 Å². The van der Waals surface area contributed by atoms with E-state index in [1.165, 1.54) is 20.4 Å². The molecule has 3 N–H and O–H groups in total. The van der Waals surface area contributed by atoms with E-state index in [0.29, 0.717) is 11.3 Å². The minimum absolute atomic E-state index is 0.0328. The molecule has 146 valence electrons. The number of anilines is 1. The minimum atomic E-state index is -0.596. The number of ether oxygens (including phenoxy) is 2. The number of phenolic OH excluding ortho intramolecular Hbond substituents is 1. The number of hydrogen-bond donors (Lipinski definition) is 3. The van der Waals surface area contributed by atoms with Gasteiger partial charge in [0.1, 0.15) is 17.4 Å². The molecule has 1 heterocycles. The Kier molecular flexibility index (Phi) is 5.75. The summed E-state index contributed by atoms with van der Waals surface area (Å²) in [6, 6.07) is 13.9. The van der Waals surface area contributed by atoms with E-state index < -0.39 is 5.56 Å². The maximum atomic E-state index is 12.2. The van der Waals surface area contributed by atoms with Gasteiger partial charge in [-0.1, -0.05) is 30.3 Å². The van der Waals surface area contributed by atoms with Crippen LogP contribution < -0.4 is 20.5 Å². The number of H-pyrrole nitrogens is 1. The number of aromatic hydroxyl groups is 1. The Morgan fingerprint density at radius 2 is 1.86 bits per heavy atom. The third-order valence-electron chi connectivity index (χ3n) is 4.02. The van der Waals surface area contributed by atoms with Crippen LogP contribution in [0, 0.1) is 11.3 Å². The van der Waals surface area contributed by atoms with E-state index in [2.05, 4.69) is 20.5 Å². The van der Waals surface area contributed by atoms with Gasteiger partial charge in [-0.25, -0.2) is 10.4 Å². The van der Waals surface area contributed by atoms with Crippen LogP contribution in [0.5, 0.6) is 17.2 Å². The number of rotatable bonds is 6. The van der Waals surface area contributed by atoms with Crippen molar-refractivity contribution < 1.29 is 14.6 Å². The first-order chi connectivity index (χ1) is 14.1. The standard InChI is InChI=1S/C20H17N5O4/c1-28-15-8-9-16(29-2)18(26)14(15)11-22-25-20-23-17(12-6-4-3-5-7-12)13(10-21)19(27)24-20/h3-9,11,26H,1-2H3,(H2,23,24,25,27). The average Bonchev–Trinajstić information content (AvgIpc) is 2.75. The Balaban J connectivity index is 1.96. The van der Waals surface area contributed by atoms with Crippen molar-refractivity contribution in [2.24, 2.45) is 5.10 Å². The summed E-state index contributed by atoms with van der Waals surface area (Å²) < 4.78 is 10.3. The first-order valence-electron chi connectivity index (χ1n) is 8.42. The summed E-state index contributed by atoms with van der Waals surface area (Å²) in [6.45, 7) is 0. The zero-order chi connectivity index (χ0) is 20.8. The number of aromatic nitrogens is 2. The largest absolute Gasteiger partial charge is 0.504 e. The van der Waals surface area contributed by atoms with Crippen molar-refractivity contribution in [1.29, 1.82) is 5.26 Å². The number of nitrogens with one attached hydrogen (secondary N) is 2. The lowest BCUT2D eigenvalue weighted by Gasteiger charge is -2.10. The molecule has 29 heavy (non-hydrogen) atoms. The normalized spacial score (nSPS) is 10.5. The van der Waals surface area contributed by atoms with E-state index in [1.54, 1.807) is 36.4 Å². The predicted octanol–water partition coefficient (Wildman–Crippen LogP) is 2.48. The highest BCUT2D eigenvalue weighted by molar-refractivity contribution is 5.89. The van der Waals surface area contributed by atoms with Gasteiger partial charge in [0.25, 0.3) is 5.56 Å². The summed E-state index contributed by atoms with van der Waals surface area (Å²) in [5, 5.41) is 23.6. The molecule has 0 saturated heterocycles. The van der Waals surface area contributed by atoms with Gasteiger partial charge in [0.05, 0.1) is 31.7 Å². The van der Waals surface area contributed by atoms with Crippen LogP contribution in [0.4, 0.5) is 5.95 Å². The molecule has 0 unspecified atom stereocenters. The number of hydrogen-bond acceptors (Lipinski definition) is 8. The third-order valence-corrected chi connectivity index (χ3v) is 4.02. The Labute approximate surface area is 165 Å². The molecule has 0 amide bonds. The monoisotopic (exact) mass is 391 g/mol. The van der Waals surface area contributed by atoms with Crippen LogP contribution in [0.2, 0.25) is 0 Å².